The molecule has 0 aliphatic heterocycles. The van der Waals surface area contributed by atoms with Crippen molar-refractivity contribution in [3.8, 4) is 17.1 Å². The van der Waals surface area contributed by atoms with Crippen molar-refractivity contribution in [2.75, 3.05) is 11.9 Å². The average Bonchev–Trinajstić information content (AvgIpc) is 2.99. The van der Waals surface area contributed by atoms with Gasteiger partial charge in [0.1, 0.15) is 5.75 Å². The number of ether oxygens (including phenoxy) is 1. The molecule has 0 fully saturated rings. The van der Waals surface area contributed by atoms with Gasteiger partial charge in [-0.05, 0) is 36.8 Å². The smallest absolute Gasteiger partial charge is 0.262 e. The number of carbonyl (C=O) groups excluding carboxylic acids is 1. The van der Waals surface area contributed by atoms with E-state index in [2.05, 4.69) is 15.5 Å². The Bertz CT molecular complexity index is 858. The van der Waals surface area contributed by atoms with Crippen LogP contribution in [0.1, 0.15) is 11.5 Å². The Hall–Kier alpha value is -3.15. The fourth-order valence-electron chi connectivity index (χ4n) is 2.25. The van der Waals surface area contributed by atoms with Crippen LogP contribution >= 0.6 is 0 Å². The highest BCUT2D eigenvalue weighted by molar-refractivity contribution is 5.92. The first-order valence-electron chi connectivity index (χ1n) is 7.51. The van der Waals surface area contributed by atoms with E-state index in [1.807, 2.05) is 49.4 Å². The van der Waals surface area contributed by atoms with E-state index in [1.165, 1.54) is 0 Å². The molecule has 0 atom stereocenters. The van der Waals surface area contributed by atoms with Gasteiger partial charge in [0, 0.05) is 12.6 Å². The number of aryl methyl sites for hydroxylation is 2. The number of benzene rings is 2. The minimum atomic E-state index is -0.236. The highest BCUT2D eigenvalue weighted by Gasteiger charge is 2.13. The third kappa shape index (κ3) is 3.78. The molecular weight excluding hydrogens is 306 g/mol. The van der Waals surface area contributed by atoms with E-state index in [1.54, 1.807) is 13.0 Å². The molecule has 0 aliphatic carbocycles. The predicted molar refractivity (Wildman–Crippen MR) is 89.8 cm³/mol. The lowest BCUT2D eigenvalue weighted by Crippen LogP contribution is -2.20. The van der Waals surface area contributed by atoms with Crippen LogP contribution in [0.25, 0.3) is 11.4 Å². The number of para-hydroxylation sites is 1. The Morgan fingerprint density at radius 3 is 2.75 bits per heavy atom. The van der Waals surface area contributed by atoms with Crippen LogP contribution in [0, 0.1) is 13.8 Å². The predicted octanol–water partition coefficient (Wildman–Crippen LogP) is 3.37. The summed E-state index contributed by atoms with van der Waals surface area (Å²) in [4.78, 5) is 16.3. The lowest BCUT2D eigenvalue weighted by molar-refractivity contribution is -0.118. The number of anilines is 1. The van der Waals surface area contributed by atoms with Crippen molar-refractivity contribution in [2.45, 2.75) is 13.8 Å². The maximum atomic E-state index is 12.1. The molecule has 6 nitrogen and oxygen atoms in total. The zero-order chi connectivity index (χ0) is 16.9. The van der Waals surface area contributed by atoms with Crippen LogP contribution in [0.4, 0.5) is 5.69 Å². The highest BCUT2D eigenvalue weighted by atomic mass is 16.5. The van der Waals surface area contributed by atoms with E-state index in [9.17, 15) is 4.79 Å². The third-order valence-electron chi connectivity index (χ3n) is 3.32. The molecule has 0 unspecified atom stereocenters. The molecule has 3 rings (SSSR count). The molecule has 0 spiro atoms. The number of nitrogens with zero attached hydrogens (tertiary/aromatic N) is 2. The van der Waals surface area contributed by atoms with Gasteiger partial charge in [0.25, 0.3) is 5.91 Å². The second-order valence-electron chi connectivity index (χ2n) is 5.34. The standard InChI is InChI=1S/C18H17N3O3/c1-12-6-5-7-14(10-12)20-17(22)11-23-16-9-4-3-8-15(16)18-19-13(2)24-21-18/h3-10H,11H2,1-2H3,(H,20,22). The zero-order valence-electron chi connectivity index (χ0n) is 13.4. The summed E-state index contributed by atoms with van der Waals surface area (Å²) in [6, 6.07) is 14.8. The normalized spacial score (nSPS) is 10.4. The van der Waals surface area contributed by atoms with Gasteiger partial charge in [-0.3, -0.25) is 4.79 Å². The van der Waals surface area contributed by atoms with Gasteiger partial charge in [-0.2, -0.15) is 4.98 Å². The lowest BCUT2D eigenvalue weighted by Gasteiger charge is -2.10. The van der Waals surface area contributed by atoms with Crippen molar-refractivity contribution in [1.29, 1.82) is 0 Å². The highest BCUT2D eigenvalue weighted by Crippen LogP contribution is 2.27. The van der Waals surface area contributed by atoms with Crippen LogP contribution in [-0.4, -0.2) is 22.7 Å². The summed E-state index contributed by atoms with van der Waals surface area (Å²) in [5.41, 5.74) is 2.50. The molecule has 0 saturated carbocycles. The largest absolute Gasteiger partial charge is 0.483 e. The number of carbonyl (C=O) groups is 1. The number of aromatic nitrogens is 2. The molecule has 0 radical (unpaired) electrons. The molecule has 2 aromatic carbocycles. The summed E-state index contributed by atoms with van der Waals surface area (Å²) in [6.07, 6.45) is 0. The fourth-order valence-corrected chi connectivity index (χ4v) is 2.25. The molecule has 1 heterocycles. The molecule has 1 N–H and O–H groups in total. The molecular formula is C18H17N3O3. The van der Waals surface area contributed by atoms with Crippen LogP contribution in [0.15, 0.2) is 53.1 Å². The summed E-state index contributed by atoms with van der Waals surface area (Å²) in [5.74, 6) is 1.19. The Kier molecular flexibility index (Phi) is 4.56. The second-order valence-corrected chi connectivity index (χ2v) is 5.34. The number of nitrogens with one attached hydrogen (secondary N) is 1. The van der Waals surface area contributed by atoms with Crippen molar-refractivity contribution in [1.82, 2.24) is 10.1 Å². The summed E-state index contributed by atoms with van der Waals surface area (Å²) in [6.45, 7) is 3.58. The van der Waals surface area contributed by atoms with E-state index in [-0.39, 0.29) is 12.5 Å². The Balaban J connectivity index is 1.67. The average molecular weight is 323 g/mol. The van der Waals surface area contributed by atoms with Crippen LogP contribution < -0.4 is 10.1 Å². The minimum Gasteiger partial charge on any atom is -0.483 e. The van der Waals surface area contributed by atoms with Gasteiger partial charge in [-0.1, -0.05) is 29.4 Å². The number of amides is 1. The summed E-state index contributed by atoms with van der Waals surface area (Å²) in [5, 5.41) is 6.69. The zero-order valence-corrected chi connectivity index (χ0v) is 13.4. The monoisotopic (exact) mass is 323 g/mol. The molecule has 0 saturated heterocycles. The molecule has 3 aromatic rings. The van der Waals surface area contributed by atoms with Crippen LogP contribution in [0.5, 0.6) is 5.75 Å². The van der Waals surface area contributed by atoms with Crippen LogP contribution in [-0.2, 0) is 4.79 Å². The molecule has 122 valence electrons. The molecule has 1 aromatic heterocycles. The van der Waals surface area contributed by atoms with Crippen LogP contribution in [0.3, 0.4) is 0 Å². The lowest BCUT2D eigenvalue weighted by atomic mass is 10.2. The SMILES string of the molecule is Cc1cccc(NC(=O)COc2ccccc2-c2noc(C)n2)c1. The fraction of sp³-hybridized carbons (Fsp3) is 0.167. The second kappa shape index (κ2) is 6.95. The minimum absolute atomic E-state index is 0.109. The van der Waals surface area contributed by atoms with E-state index in [4.69, 9.17) is 9.26 Å². The van der Waals surface area contributed by atoms with E-state index in [0.717, 1.165) is 11.3 Å². The van der Waals surface area contributed by atoms with Crippen molar-refractivity contribution in [3.05, 3.63) is 60.0 Å². The van der Waals surface area contributed by atoms with Gasteiger partial charge in [-0.15, -0.1) is 0 Å². The van der Waals surface area contributed by atoms with Crippen LogP contribution in [0.2, 0.25) is 0 Å². The topological polar surface area (TPSA) is 77.2 Å². The third-order valence-corrected chi connectivity index (χ3v) is 3.32. The van der Waals surface area contributed by atoms with Gasteiger partial charge >= 0.3 is 0 Å². The number of hydrogen-bond acceptors (Lipinski definition) is 5. The Labute approximate surface area is 139 Å². The van der Waals surface area contributed by atoms with Gasteiger partial charge < -0.3 is 14.6 Å². The number of hydrogen-bond donors (Lipinski definition) is 1. The maximum Gasteiger partial charge on any atom is 0.262 e. The van der Waals surface area contributed by atoms with Crippen molar-refractivity contribution < 1.29 is 14.1 Å². The summed E-state index contributed by atoms with van der Waals surface area (Å²) < 4.78 is 10.6. The van der Waals surface area contributed by atoms with Crippen molar-refractivity contribution in [3.63, 3.8) is 0 Å². The van der Waals surface area contributed by atoms with Gasteiger partial charge in [0.15, 0.2) is 6.61 Å². The van der Waals surface area contributed by atoms with E-state index in [0.29, 0.717) is 23.0 Å². The molecule has 1 amide bonds. The quantitative estimate of drug-likeness (QED) is 0.779. The molecule has 24 heavy (non-hydrogen) atoms. The number of rotatable bonds is 5. The van der Waals surface area contributed by atoms with E-state index >= 15 is 0 Å². The first-order valence-corrected chi connectivity index (χ1v) is 7.51. The maximum absolute atomic E-state index is 12.1. The molecule has 0 bridgehead atoms. The van der Waals surface area contributed by atoms with Gasteiger partial charge in [0.2, 0.25) is 11.7 Å². The Morgan fingerprint density at radius 1 is 1.17 bits per heavy atom. The van der Waals surface area contributed by atoms with Gasteiger partial charge in [-0.25, -0.2) is 0 Å². The van der Waals surface area contributed by atoms with Crippen molar-refractivity contribution >= 4 is 11.6 Å². The van der Waals surface area contributed by atoms with E-state index < -0.39 is 0 Å². The van der Waals surface area contributed by atoms with Gasteiger partial charge in [0.05, 0.1) is 5.56 Å². The molecule has 0 aliphatic rings. The first kappa shape index (κ1) is 15.7. The summed E-state index contributed by atoms with van der Waals surface area (Å²) in [7, 11) is 0. The first-order chi connectivity index (χ1) is 11.6. The van der Waals surface area contributed by atoms with Crippen molar-refractivity contribution in [2.24, 2.45) is 0 Å². The Morgan fingerprint density at radius 2 is 2.00 bits per heavy atom. The molecule has 6 heteroatoms. The summed E-state index contributed by atoms with van der Waals surface area (Å²) >= 11 is 0.